The molecule has 1 rings (SSSR count). The number of nitrogens with two attached hydrogens (primary N) is 1. The lowest BCUT2D eigenvalue weighted by Crippen LogP contribution is -2.34. The molecule has 0 spiro atoms. The van der Waals surface area contributed by atoms with Crippen LogP contribution in [0.2, 0.25) is 0 Å². The number of nitro groups is 1. The largest absolute Gasteiger partial charge is 0.484 e. The van der Waals surface area contributed by atoms with E-state index in [1.807, 2.05) is 0 Å². The molecule has 0 heterocycles. The van der Waals surface area contributed by atoms with Gasteiger partial charge in [-0.1, -0.05) is 6.07 Å². The summed E-state index contributed by atoms with van der Waals surface area (Å²) in [5, 5.41) is 19.5. The first-order valence-corrected chi connectivity index (χ1v) is 5.10. The Hall–Kier alpha value is -1.87. The quantitative estimate of drug-likeness (QED) is 0.626. The Morgan fingerprint density at radius 3 is 2.58 bits per heavy atom. The second kappa shape index (κ2) is 5.85. The summed E-state index contributed by atoms with van der Waals surface area (Å²) in [5.74, 6) is -0.356. The molecule has 1 aromatic carbocycles. The molecular formula is C10H11F3N2O4. The normalized spacial score (nSPS) is 13.1. The summed E-state index contributed by atoms with van der Waals surface area (Å²) in [5.41, 5.74) is 5.23. The molecule has 1 unspecified atom stereocenters. The van der Waals surface area contributed by atoms with Gasteiger partial charge in [0.2, 0.25) is 0 Å². The number of hydrogen-bond acceptors (Lipinski definition) is 5. The highest BCUT2D eigenvalue weighted by Crippen LogP contribution is 2.29. The van der Waals surface area contributed by atoms with Crippen molar-refractivity contribution in [3.05, 3.63) is 33.9 Å². The third kappa shape index (κ3) is 4.07. The van der Waals surface area contributed by atoms with Gasteiger partial charge in [0, 0.05) is 12.6 Å². The zero-order valence-electron chi connectivity index (χ0n) is 9.55. The van der Waals surface area contributed by atoms with Crippen LogP contribution in [0.15, 0.2) is 18.2 Å². The van der Waals surface area contributed by atoms with Gasteiger partial charge in [-0.15, -0.1) is 0 Å². The Labute approximate surface area is 105 Å². The smallest absolute Gasteiger partial charge is 0.417 e. The van der Waals surface area contributed by atoms with E-state index in [4.69, 9.17) is 10.8 Å². The van der Waals surface area contributed by atoms with Crippen LogP contribution in [0.5, 0.6) is 5.75 Å². The van der Waals surface area contributed by atoms with Crippen molar-refractivity contribution in [1.29, 1.82) is 0 Å². The monoisotopic (exact) mass is 280 g/mol. The molecule has 19 heavy (non-hydrogen) atoms. The number of nitro benzene ring substituents is 1. The van der Waals surface area contributed by atoms with Gasteiger partial charge in [-0.3, -0.25) is 10.1 Å². The Morgan fingerprint density at radius 1 is 1.47 bits per heavy atom. The lowest BCUT2D eigenvalue weighted by Gasteiger charge is -2.15. The van der Waals surface area contributed by atoms with Crippen LogP contribution in [0, 0.1) is 10.1 Å². The molecule has 0 radical (unpaired) electrons. The molecular weight excluding hydrogens is 269 g/mol. The fraction of sp³-hybridized carbons (Fsp3) is 0.400. The number of nitrogens with zero attached hydrogens (tertiary/aromatic N) is 1. The molecule has 0 amide bonds. The standard InChI is InChI=1S/C10H11F3N2O4/c11-10(12,13)9(16)5-19-8-2-1-6(4-14)3-7(8)15(17)18/h1-3,9,16H,4-5,14H2. The van der Waals surface area contributed by atoms with E-state index in [0.29, 0.717) is 5.56 Å². The Morgan fingerprint density at radius 2 is 2.11 bits per heavy atom. The number of rotatable bonds is 5. The summed E-state index contributed by atoms with van der Waals surface area (Å²) in [4.78, 5) is 9.93. The van der Waals surface area contributed by atoms with Crippen LogP contribution in [0.3, 0.4) is 0 Å². The topological polar surface area (TPSA) is 98.6 Å². The zero-order chi connectivity index (χ0) is 14.6. The Bertz CT molecular complexity index is 465. The minimum absolute atomic E-state index is 0.0479. The average molecular weight is 280 g/mol. The van der Waals surface area contributed by atoms with E-state index in [1.165, 1.54) is 6.07 Å². The molecule has 0 aliphatic heterocycles. The lowest BCUT2D eigenvalue weighted by atomic mass is 10.2. The second-order valence-electron chi connectivity index (χ2n) is 3.63. The molecule has 0 saturated heterocycles. The second-order valence-corrected chi connectivity index (χ2v) is 3.63. The van der Waals surface area contributed by atoms with E-state index in [2.05, 4.69) is 4.74 Å². The van der Waals surface area contributed by atoms with E-state index in [-0.39, 0.29) is 12.3 Å². The summed E-state index contributed by atoms with van der Waals surface area (Å²) in [7, 11) is 0. The molecule has 0 aliphatic carbocycles. The van der Waals surface area contributed by atoms with E-state index < -0.39 is 29.5 Å². The van der Waals surface area contributed by atoms with Crippen molar-refractivity contribution in [2.45, 2.75) is 18.8 Å². The van der Waals surface area contributed by atoms with Crippen molar-refractivity contribution in [1.82, 2.24) is 0 Å². The van der Waals surface area contributed by atoms with Crippen molar-refractivity contribution in [2.75, 3.05) is 6.61 Å². The first-order valence-electron chi connectivity index (χ1n) is 5.10. The maximum absolute atomic E-state index is 12.0. The van der Waals surface area contributed by atoms with Crippen molar-refractivity contribution in [3.8, 4) is 5.75 Å². The van der Waals surface area contributed by atoms with Gasteiger partial charge in [-0.2, -0.15) is 13.2 Å². The van der Waals surface area contributed by atoms with Crippen LogP contribution in [-0.4, -0.2) is 28.9 Å². The van der Waals surface area contributed by atoms with Gasteiger partial charge >= 0.3 is 11.9 Å². The van der Waals surface area contributed by atoms with Crippen molar-refractivity contribution in [2.24, 2.45) is 5.73 Å². The molecule has 6 nitrogen and oxygen atoms in total. The van der Waals surface area contributed by atoms with Crippen LogP contribution in [0.4, 0.5) is 18.9 Å². The predicted molar refractivity (Wildman–Crippen MR) is 58.5 cm³/mol. The van der Waals surface area contributed by atoms with E-state index in [0.717, 1.165) is 12.1 Å². The SMILES string of the molecule is NCc1ccc(OCC(O)C(F)(F)F)c([N+](=O)[O-])c1. The van der Waals surface area contributed by atoms with Gasteiger partial charge in [0.25, 0.3) is 0 Å². The summed E-state index contributed by atoms with van der Waals surface area (Å²) < 4.78 is 40.8. The van der Waals surface area contributed by atoms with E-state index in [9.17, 15) is 23.3 Å². The summed E-state index contributed by atoms with van der Waals surface area (Å²) >= 11 is 0. The first kappa shape index (κ1) is 15.2. The number of benzene rings is 1. The minimum Gasteiger partial charge on any atom is -0.484 e. The van der Waals surface area contributed by atoms with Gasteiger partial charge in [-0.05, 0) is 11.6 Å². The highest BCUT2D eigenvalue weighted by Gasteiger charge is 2.39. The molecule has 0 aliphatic rings. The maximum atomic E-state index is 12.0. The number of alkyl halides is 3. The Kier molecular flexibility index (Phi) is 4.67. The molecule has 0 fully saturated rings. The zero-order valence-corrected chi connectivity index (χ0v) is 9.55. The highest BCUT2D eigenvalue weighted by molar-refractivity contribution is 5.48. The third-order valence-electron chi connectivity index (χ3n) is 2.23. The van der Waals surface area contributed by atoms with Crippen LogP contribution in [0.1, 0.15) is 5.56 Å². The fourth-order valence-corrected chi connectivity index (χ4v) is 1.22. The van der Waals surface area contributed by atoms with E-state index in [1.54, 1.807) is 0 Å². The van der Waals surface area contributed by atoms with Crippen molar-refractivity contribution in [3.63, 3.8) is 0 Å². The van der Waals surface area contributed by atoms with Crippen molar-refractivity contribution < 1.29 is 27.9 Å². The molecule has 0 bridgehead atoms. The Balaban J connectivity index is 2.86. The van der Waals surface area contributed by atoms with Crippen LogP contribution in [0.25, 0.3) is 0 Å². The van der Waals surface area contributed by atoms with Gasteiger partial charge in [-0.25, -0.2) is 0 Å². The number of ether oxygens (including phenoxy) is 1. The summed E-state index contributed by atoms with van der Waals surface area (Å²) in [6, 6.07) is 3.64. The van der Waals surface area contributed by atoms with Crippen LogP contribution in [-0.2, 0) is 6.54 Å². The molecule has 3 N–H and O–H groups in total. The molecule has 0 aromatic heterocycles. The molecule has 1 aromatic rings. The van der Waals surface area contributed by atoms with Gasteiger partial charge < -0.3 is 15.6 Å². The third-order valence-corrected chi connectivity index (χ3v) is 2.23. The van der Waals surface area contributed by atoms with Crippen LogP contribution >= 0.6 is 0 Å². The molecule has 9 heteroatoms. The highest BCUT2D eigenvalue weighted by atomic mass is 19.4. The first-order chi connectivity index (χ1) is 8.75. The molecule has 106 valence electrons. The summed E-state index contributed by atoms with van der Waals surface area (Å²) in [6.45, 7) is -1.07. The van der Waals surface area contributed by atoms with Gasteiger partial charge in [0.15, 0.2) is 11.9 Å². The lowest BCUT2D eigenvalue weighted by molar-refractivity contribution is -0.386. The molecule has 1 atom stereocenters. The average Bonchev–Trinajstić information content (AvgIpc) is 2.34. The number of aliphatic hydroxyl groups is 1. The summed E-state index contributed by atoms with van der Waals surface area (Å²) in [6.07, 6.45) is -7.55. The van der Waals surface area contributed by atoms with Crippen LogP contribution < -0.4 is 10.5 Å². The van der Waals surface area contributed by atoms with Gasteiger partial charge in [0.1, 0.15) is 6.61 Å². The number of halogens is 3. The number of aliphatic hydroxyl groups excluding tert-OH is 1. The minimum atomic E-state index is -4.84. The number of hydrogen-bond donors (Lipinski definition) is 2. The predicted octanol–water partition coefficient (Wildman–Crippen LogP) is 1.36. The van der Waals surface area contributed by atoms with Gasteiger partial charge in [0.05, 0.1) is 4.92 Å². The maximum Gasteiger partial charge on any atom is 0.417 e. The molecule has 0 saturated carbocycles. The van der Waals surface area contributed by atoms with Crippen molar-refractivity contribution >= 4 is 5.69 Å². The fourth-order valence-electron chi connectivity index (χ4n) is 1.22. The van der Waals surface area contributed by atoms with E-state index >= 15 is 0 Å².